The van der Waals surface area contributed by atoms with Crippen molar-refractivity contribution in [3.05, 3.63) is 24.3 Å². The molecule has 1 aliphatic heterocycles. The van der Waals surface area contributed by atoms with Crippen molar-refractivity contribution in [1.82, 2.24) is 19.8 Å². The van der Waals surface area contributed by atoms with E-state index in [1.54, 1.807) is 11.1 Å². The summed E-state index contributed by atoms with van der Waals surface area (Å²) in [7, 11) is 0. The van der Waals surface area contributed by atoms with E-state index in [9.17, 15) is 9.59 Å². The first-order valence-electron chi connectivity index (χ1n) is 9.13. The van der Waals surface area contributed by atoms with Crippen molar-refractivity contribution in [3.63, 3.8) is 0 Å². The van der Waals surface area contributed by atoms with Gasteiger partial charge in [-0.2, -0.15) is 0 Å². The summed E-state index contributed by atoms with van der Waals surface area (Å²) < 4.78 is 5.27. The van der Waals surface area contributed by atoms with Gasteiger partial charge >= 0.3 is 0 Å². The van der Waals surface area contributed by atoms with Gasteiger partial charge in [0.2, 0.25) is 5.91 Å². The third-order valence-electron chi connectivity index (χ3n) is 4.31. The van der Waals surface area contributed by atoms with Gasteiger partial charge in [0, 0.05) is 45.0 Å². The monoisotopic (exact) mass is 348 g/mol. The first-order chi connectivity index (χ1) is 12.2. The third-order valence-corrected chi connectivity index (χ3v) is 4.31. The number of unbranched alkanes of at least 4 members (excludes halogenated alkanes) is 3. The van der Waals surface area contributed by atoms with Crippen LogP contribution in [0.25, 0.3) is 0 Å². The number of hydrogen-bond acceptors (Lipinski definition) is 5. The molecule has 2 amide bonds. The molecule has 138 valence electrons. The average molecular weight is 348 g/mol. The van der Waals surface area contributed by atoms with Gasteiger partial charge in [-0.05, 0) is 6.42 Å². The fourth-order valence-corrected chi connectivity index (χ4v) is 2.82. The molecule has 0 aliphatic carbocycles. The molecule has 7 heteroatoms. The molecule has 0 spiro atoms. The molecule has 1 aliphatic rings. The second kappa shape index (κ2) is 10.8. The molecule has 1 fully saturated rings. The highest BCUT2D eigenvalue weighted by atomic mass is 16.5. The minimum absolute atomic E-state index is 0.0776. The number of morpholine rings is 1. The molecule has 0 unspecified atom stereocenters. The van der Waals surface area contributed by atoms with Crippen LogP contribution in [0.5, 0.6) is 0 Å². The van der Waals surface area contributed by atoms with Crippen LogP contribution in [0.1, 0.15) is 49.5 Å². The zero-order valence-corrected chi connectivity index (χ0v) is 15.0. The Hall–Kier alpha value is -2.02. The summed E-state index contributed by atoms with van der Waals surface area (Å²) in [5.41, 5.74) is 0.330. The van der Waals surface area contributed by atoms with Crippen molar-refractivity contribution in [2.45, 2.75) is 39.0 Å². The van der Waals surface area contributed by atoms with Crippen LogP contribution >= 0.6 is 0 Å². The van der Waals surface area contributed by atoms with Crippen LogP contribution < -0.4 is 0 Å². The predicted octanol–water partition coefficient (Wildman–Crippen LogP) is 1.75. The maximum Gasteiger partial charge on any atom is 0.274 e. The standard InChI is InChI=1S/C18H28N4O3/c1-2-3-4-5-9-22(18(24)16-15-19-7-8-20-16)10-6-17(23)21-11-13-25-14-12-21/h7-8,15H,2-6,9-14H2,1H3. The molecule has 2 heterocycles. The minimum Gasteiger partial charge on any atom is -0.378 e. The molecule has 25 heavy (non-hydrogen) atoms. The summed E-state index contributed by atoms with van der Waals surface area (Å²) in [6, 6.07) is 0. The second-order valence-electron chi connectivity index (χ2n) is 6.19. The Morgan fingerprint density at radius 2 is 1.96 bits per heavy atom. The summed E-state index contributed by atoms with van der Waals surface area (Å²) in [5.74, 6) is -0.0758. The van der Waals surface area contributed by atoms with Gasteiger partial charge in [0.05, 0.1) is 19.4 Å². The van der Waals surface area contributed by atoms with Gasteiger partial charge in [-0.3, -0.25) is 14.6 Å². The number of nitrogens with zero attached hydrogens (tertiary/aromatic N) is 4. The number of carbonyl (C=O) groups is 2. The molecule has 7 nitrogen and oxygen atoms in total. The Bertz CT molecular complexity index is 532. The van der Waals surface area contributed by atoms with E-state index >= 15 is 0 Å². The zero-order chi connectivity index (χ0) is 17.9. The number of carbonyl (C=O) groups excluding carboxylic acids is 2. The Labute approximate surface area is 149 Å². The number of ether oxygens (including phenoxy) is 1. The fraction of sp³-hybridized carbons (Fsp3) is 0.667. The largest absolute Gasteiger partial charge is 0.378 e. The Morgan fingerprint density at radius 3 is 2.64 bits per heavy atom. The van der Waals surface area contributed by atoms with E-state index in [4.69, 9.17) is 4.74 Å². The van der Waals surface area contributed by atoms with E-state index in [-0.39, 0.29) is 11.8 Å². The van der Waals surface area contributed by atoms with Crippen molar-refractivity contribution in [3.8, 4) is 0 Å². The Morgan fingerprint density at radius 1 is 1.16 bits per heavy atom. The van der Waals surface area contributed by atoms with E-state index < -0.39 is 0 Å². The summed E-state index contributed by atoms with van der Waals surface area (Å²) in [5, 5.41) is 0. The molecular weight excluding hydrogens is 320 g/mol. The number of aromatic nitrogens is 2. The number of hydrogen-bond donors (Lipinski definition) is 0. The Balaban J connectivity index is 1.91. The zero-order valence-electron chi connectivity index (χ0n) is 15.0. The SMILES string of the molecule is CCCCCCN(CCC(=O)N1CCOCC1)C(=O)c1cnccn1. The van der Waals surface area contributed by atoms with Crippen molar-refractivity contribution in [2.75, 3.05) is 39.4 Å². The normalized spacial score (nSPS) is 14.4. The highest BCUT2D eigenvalue weighted by Gasteiger charge is 2.21. The first kappa shape index (κ1) is 19.3. The van der Waals surface area contributed by atoms with Gasteiger partial charge in [0.15, 0.2) is 0 Å². The summed E-state index contributed by atoms with van der Waals surface area (Å²) in [6.07, 6.45) is 9.19. The minimum atomic E-state index is -0.153. The van der Waals surface area contributed by atoms with E-state index in [1.165, 1.54) is 12.4 Å². The van der Waals surface area contributed by atoms with E-state index in [2.05, 4.69) is 16.9 Å². The molecule has 1 aromatic rings. The van der Waals surface area contributed by atoms with Gasteiger partial charge in [-0.15, -0.1) is 0 Å². The lowest BCUT2D eigenvalue weighted by atomic mass is 10.2. The van der Waals surface area contributed by atoms with Crippen molar-refractivity contribution in [1.29, 1.82) is 0 Å². The quantitative estimate of drug-likeness (QED) is 0.636. The van der Waals surface area contributed by atoms with E-state index in [1.807, 2.05) is 4.90 Å². The van der Waals surface area contributed by atoms with Gasteiger partial charge < -0.3 is 14.5 Å². The van der Waals surface area contributed by atoms with Crippen LogP contribution in [-0.2, 0) is 9.53 Å². The van der Waals surface area contributed by atoms with E-state index in [0.717, 1.165) is 25.7 Å². The third kappa shape index (κ3) is 6.42. The van der Waals surface area contributed by atoms with Crippen LogP contribution in [0.3, 0.4) is 0 Å². The Kier molecular flexibility index (Phi) is 8.31. The topological polar surface area (TPSA) is 75.6 Å². The summed E-state index contributed by atoms with van der Waals surface area (Å²) >= 11 is 0. The van der Waals surface area contributed by atoms with Gasteiger partial charge in [-0.25, -0.2) is 4.98 Å². The molecule has 0 aromatic carbocycles. The van der Waals surface area contributed by atoms with Gasteiger partial charge in [0.1, 0.15) is 5.69 Å². The van der Waals surface area contributed by atoms with Crippen molar-refractivity contribution < 1.29 is 14.3 Å². The lowest BCUT2D eigenvalue weighted by Crippen LogP contribution is -2.43. The van der Waals surface area contributed by atoms with Crippen molar-refractivity contribution >= 4 is 11.8 Å². The number of amides is 2. The maximum atomic E-state index is 12.7. The fourth-order valence-electron chi connectivity index (χ4n) is 2.82. The predicted molar refractivity (Wildman–Crippen MR) is 94.1 cm³/mol. The molecule has 0 radical (unpaired) electrons. The summed E-state index contributed by atoms with van der Waals surface area (Å²) in [4.78, 5) is 36.6. The van der Waals surface area contributed by atoms with Crippen LogP contribution in [0.15, 0.2) is 18.6 Å². The van der Waals surface area contributed by atoms with Crippen LogP contribution in [-0.4, -0.2) is 71.0 Å². The first-order valence-corrected chi connectivity index (χ1v) is 9.13. The molecule has 0 N–H and O–H groups in total. The van der Waals surface area contributed by atoms with Crippen LogP contribution in [0.4, 0.5) is 0 Å². The molecule has 2 rings (SSSR count). The van der Waals surface area contributed by atoms with Crippen molar-refractivity contribution in [2.24, 2.45) is 0 Å². The smallest absolute Gasteiger partial charge is 0.274 e. The highest BCUT2D eigenvalue weighted by molar-refractivity contribution is 5.92. The lowest BCUT2D eigenvalue weighted by molar-refractivity contribution is -0.135. The molecular formula is C18H28N4O3. The molecule has 0 bridgehead atoms. The average Bonchev–Trinajstić information content (AvgIpc) is 2.68. The van der Waals surface area contributed by atoms with Crippen LogP contribution in [0, 0.1) is 0 Å². The van der Waals surface area contributed by atoms with Gasteiger partial charge in [-0.1, -0.05) is 26.2 Å². The lowest BCUT2D eigenvalue weighted by Gasteiger charge is -2.28. The molecule has 1 saturated heterocycles. The highest BCUT2D eigenvalue weighted by Crippen LogP contribution is 2.08. The van der Waals surface area contributed by atoms with Gasteiger partial charge in [0.25, 0.3) is 5.91 Å². The molecule has 1 aromatic heterocycles. The number of rotatable bonds is 9. The molecule has 0 saturated carbocycles. The van der Waals surface area contributed by atoms with Crippen LogP contribution in [0.2, 0.25) is 0 Å². The second-order valence-corrected chi connectivity index (χ2v) is 6.19. The maximum absolute atomic E-state index is 12.7. The summed E-state index contributed by atoms with van der Waals surface area (Å²) in [6.45, 7) is 5.66. The van der Waals surface area contributed by atoms with E-state index in [0.29, 0.717) is 51.5 Å². The molecule has 0 atom stereocenters.